The fourth-order valence-electron chi connectivity index (χ4n) is 2.85. The fraction of sp³-hybridized carbons (Fsp3) is 0.412. The summed E-state index contributed by atoms with van der Waals surface area (Å²) < 4.78 is 5.41. The van der Waals surface area contributed by atoms with Gasteiger partial charge in [-0.15, -0.1) is 0 Å². The molecule has 1 unspecified atom stereocenters. The van der Waals surface area contributed by atoms with Crippen molar-refractivity contribution in [3.05, 3.63) is 47.7 Å². The number of aromatic nitrogens is 1. The summed E-state index contributed by atoms with van der Waals surface area (Å²) in [6, 6.07) is 7.68. The van der Waals surface area contributed by atoms with E-state index < -0.39 is 0 Å². The van der Waals surface area contributed by atoms with Crippen LogP contribution in [0.4, 0.5) is 5.69 Å². The van der Waals surface area contributed by atoms with Gasteiger partial charge >= 0.3 is 0 Å². The minimum atomic E-state index is -0.271. The highest BCUT2D eigenvalue weighted by Crippen LogP contribution is 2.29. The van der Waals surface area contributed by atoms with E-state index in [9.17, 15) is 4.79 Å². The third-order valence-corrected chi connectivity index (χ3v) is 3.92. The number of oxazole rings is 1. The molecule has 2 N–H and O–H groups in total. The first-order valence-corrected chi connectivity index (χ1v) is 7.67. The molecule has 1 aliphatic heterocycles. The van der Waals surface area contributed by atoms with Gasteiger partial charge in [-0.25, -0.2) is 4.98 Å². The number of anilines is 1. The van der Waals surface area contributed by atoms with Gasteiger partial charge in [0.1, 0.15) is 6.26 Å². The second-order valence-corrected chi connectivity index (χ2v) is 6.14. The van der Waals surface area contributed by atoms with Crippen LogP contribution >= 0.6 is 0 Å². The maximum absolute atomic E-state index is 12.6. The van der Waals surface area contributed by atoms with Gasteiger partial charge in [-0.3, -0.25) is 4.79 Å². The molecule has 1 aliphatic rings. The first kappa shape index (κ1) is 14.8. The van der Waals surface area contributed by atoms with Crippen LogP contribution in [0.25, 0.3) is 0 Å². The summed E-state index contributed by atoms with van der Waals surface area (Å²) in [5, 5.41) is 0. The molecule has 0 bridgehead atoms. The lowest BCUT2D eigenvalue weighted by molar-refractivity contribution is 0.0984. The maximum atomic E-state index is 12.6. The summed E-state index contributed by atoms with van der Waals surface area (Å²) in [5.74, 6) is 0.757. The molecule has 2 aromatic rings. The molecule has 116 valence electrons. The highest BCUT2D eigenvalue weighted by molar-refractivity contribution is 6.05. The second kappa shape index (κ2) is 5.93. The van der Waals surface area contributed by atoms with Gasteiger partial charge < -0.3 is 15.1 Å². The molecule has 0 saturated heterocycles. The van der Waals surface area contributed by atoms with E-state index in [-0.39, 0.29) is 11.9 Å². The Hall–Kier alpha value is -2.14. The lowest BCUT2D eigenvalue weighted by atomic mass is 10.0. The lowest BCUT2D eigenvalue weighted by Crippen LogP contribution is -2.29. The van der Waals surface area contributed by atoms with E-state index >= 15 is 0 Å². The third-order valence-electron chi connectivity index (χ3n) is 3.92. The quantitative estimate of drug-likeness (QED) is 0.942. The molecule has 0 radical (unpaired) electrons. The lowest BCUT2D eigenvalue weighted by Gasteiger charge is -2.15. The molecule has 1 aromatic heterocycles. The summed E-state index contributed by atoms with van der Waals surface area (Å²) in [4.78, 5) is 18.7. The second-order valence-electron chi connectivity index (χ2n) is 6.14. The standard InChI is InChI=1S/C17H21N3O2/c1-11(2)9-13(18)16-19-14(10-22-16)17(21)20-8-7-12-5-3-4-6-15(12)20/h3-6,10-11,13H,7-9,18H2,1-2H3. The van der Waals surface area contributed by atoms with Crippen molar-refractivity contribution < 1.29 is 9.21 Å². The molecule has 0 aliphatic carbocycles. The number of carbonyl (C=O) groups excluding carboxylic acids is 1. The van der Waals surface area contributed by atoms with Gasteiger partial charge in [-0.2, -0.15) is 0 Å². The van der Waals surface area contributed by atoms with Crippen molar-refractivity contribution in [1.29, 1.82) is 0 Å². The summed E-state index contributed by atoms with van der Waals surface area (Å²) in [6.07, 6.45) is 3.07. The highest BCUT2D eigenvalue weighted by atomic mass is 16.3. The first-order chi connectivity index (χ1) is 10.6. The molecule has 5 heteroatoms. The van der Waals surface area contributed by atoms with Crippen LogP contribution in [0.1, 0.15) is 48.3 Å². The molecule has 0 saturated carbocycles. The number of nitrogens with two attached hydrogens (primary N) is 1. The number of rotatable bonds is 4. The Labute approximate surface area is 130 Å². The van der Waals surface area contributed by atoms with Crippen molar-refractivity contribution >= 4 is 11.6 Å². The summed E-state index contributed by atoms with van der Waals surface area (Å²) in [6.45, 7) is 4.87. The number of amides is 1. The molecule has 0 spiro atoms. The van der Waals surface area contributed by atoms with Crippen molar-refractivity contribution in [2.24, 2.45) is 11.7 Å². The van der Waals surface area contributed by atoms with Crippen molar-refractivity contribution in [3.8, 4) is 0 Å². The van der Waals surface area contributed by atoms with Gasteiger partial charge in [0, 0.05) is 12.2 Å². The zero-order chi connectivity index (χ0) is 15.7. The Morgan fingerprint density at radius 1 is 1.41 bits per heavy atom. The van der Waals surface area contributed by atoms with Crippen LogP contribution in [0.2, 0.25) is 0 Å². The smallest absolute Gasteiger partial charge is 0.280 e. The van der Waals surface area contributed by atoms with E-state index in [0.717, 1.165) is 18.5 Å². The highest BCUT2D eigenvalue weighted by Gasteiger charge is 2.27. The minimum Gasteiger partial charge on any atom is -0.446 e. The Morgan fingerprint density at radius 2 is 2.18 bits per heavy atom. The largest absolute Gasteiger partial charge is 0.446 e. The number of para-hydroxylation sites is 1. The van der Waals surface area contributed by atoms with E-state index in [1.807, 2.05) is 18.2 Å². The van der Waals surface area contributed by atoms with Crippen LogP contribution in [-0.2, 0) is 6.42 Å². The van der Waals surface area contributed by atoms with E-state index in [2.05, 4.69) is 24.9 Å². The van der Waals surface area contributed by atoms with Crippen molar-refractivity contribution in [2.45, 2.75) is 32.7 Å². The van der Waals surface area contributed by atoms with E-state index in [1.165, 1.54) is 11.8 Å². The Morgan fingerprint density at radius 3 is 2.95 bits per heavy atom. The Kier molecular flexibility index (Phi) is 3.98. The number of benzene rings is 1. The maximum Gasteiger partial charge on any atom is 0.280 e. The molecule has 1 amide bonds. The van der Waals surface area contributed by atoms with Crippen LogP contribution < -0.4 is 10.6 Å². The molecule has 2 heterocycles. The normalized spacial score (nSPS) is 15.2. The van der Waals surface area contributed by atoms with Gasteiger partial charge in [-0.05, 0) is 30.4 Å². The number of carbonyl (C=O) groups is 1. The molecule has 5 nitrogen and oxygen atoms in total. The SMILES string of the molecule is CC(C)CC(N)c1nc(C(=O)N2CCc3ccccc32)co1. The predicted octanol–water partition coefficient (Wildman–Crippen LogP) is 2.92. The molecular formula is C17H21N3O2. The fourth-order valence-corrected chi connectivity index (χ4v) is 2.85. The van der Waals surface area contributed by atoms with Crippen LogP contribution in [0.5, 0.6) is 0 Å². The number of hydrogen-bond acceptors (Lipinski definition) is 4. The summed E-state index contributed by atoms with van der Waals surface area (Å²) in [5.41, 5.74) is 8.54. The van der Waals surface area contributed by atoms with Crippen LogP contribution in [0.3, 0.4) is 0 Å². The van der Waals surface area contributed by atoms with Gasteiger partial charge in [-0.1, -0.05) is 32.0 Å². The van der Waals surface area contributed by atoms with Crippen LogP contribution in [-0.4, -0.2) is 17.4 Å². The van der Waals surface area contributed by atoms with Crippen molar-refractivity contribution in [2.75, 3.05) is 11.4 Å². The monoisotopic (exact) mass is 299 g/mol. The van der Waals surface area contributed by atoms with Crippen LogP contribution in [0, 0.1) is 5.92 Å². The number of fused-ring (bicyclic) bond motifs is 1. The Balaban J connectivity index is 1.78. The predicted molar refractivity (Wildman–Crippen MR) is 84.7 cm³/mol. The zero-order valence-electron chi connectivity index (χ0n) is 13.0. The first-order valence-electron chi connectivity index (χ1n) is 7.67. The molecular weight excluding hydrogens is 278 g/mol. The van der Waals surface area contributed by atoms with Crippen LogP contribution in [0.15, 0.2) is 34.9 Å². The van der Waals surface area contributed by atoms with Gasteiger partial charge in [0.05, 0.1) is 6.04 Å². The molecule has 0 fully saturated rings. The summed E-state index contributed by atoms with van der Waals surface area (Å²) >= 11 is 0. The number of hydrogen-bond donors (Lipinski definition) is 1. The average Bonchev–Trinajstić information content (AvgIpc) is 3.13. The third kappa shape index (κ3) is 2.76. The molecule has 3 rings (SSSR count). The molecule has 1 atom stereocenters. The van der Waals surface area contributed by atoms with Crippen molar-refractivity contribution in [1.82, 2.24) is 4.98 Å². The molecule has 22 heavy (non-hydrogen) atoms. The minimum absolute atomic E-state index is 0.128. The topological polar surface area (TPSA) is 72.4 Å². The molecule has 1 aromatic carbocycles. The van der Waals surface area contributed by atoms with Gasteiger partial charge in [0.25, 0.3) is 5.91 Å². The Bertz CT molecular complexity index is 678. The average molecular weight is 299 g/mol. The zero-order valence-corrected chi connectivity index (χ0v) is 13.0. The number of nitrogens with zero attached hydrogens (tertiary/aromatic N) is 2. The van der Waals surface area contributed by atoms with E-state index in [4.69, 9.17) is 10.2 Å². The van der Waals surface area contributed by atoms with E-state index in [1.54, 1.807) is 4.90 Å². The van der Waals surface area contributed by atoms with Gasteiger partial charge in [0.2, 0.25) is 5.89 Å². The van der Waals surface area contributed by atoms with Gasteiger partial charge in [0.15, 0.2) is 5.69 Å². The van der Waals surface area contributed by atoms with Crippen molar-refractivity contribution in [3.63, 3.8) is 0 Å². The summed E-state index contributed by atoms with van der Waals surface area (Å²) in [7, 11) is 0. The van der Waals surface area contributed by atoms with E-state index in [0.29, 0.717) is 24.0 Å².